The molecule has 0 fully saturated rings. The summed E-state index contributed by atoms with van der Waals surface area (Å²) in [6, 6.07) is 0. The summed E-state index contributed by atoms with van der Waals surface area (Å²) in [7, 11) is -13.0. The van der Waals surface area contributed by atoms with Crippen molar-refractivity contribution in [3.63, 3.8) is 0 Å². The lowest BCUT2D eigenvalue weighted by atomic mass is 10.3. The minimum atomic E-state index is -2.17. The lowest BCUT2D eigenvalue weighted by Gasteiger charge is -1.69. The quantitative estimate of drug-likeness (QED) is 0.111. The lowest BCUT2D eigenvalue weighted by Crippen LogP contribution is -2.07. The van der Waals surface area contributed by atoms with Crippen LogP contribution in [0.25, 0.3) is 0 Å². The second-order valence-corrected chi connectivity index (χ2v) is 2.08. The maximum absolute atomic E-state index is 7.17. The molecular weight excluding hydrogens is 563 g/mol. The van der Waals surface area contributed by atoms with Crippen molar-refractivity contribution >= 4 is 43.9 Å². The maximum Gasteiger partial charge on any atom is 0.631 e. The van der Waals surface area contributed by atoms with Crippen molar-refractivity contribution < 1.29 is 90.4 Å². The molecule has 264 valence electrons. The summed E-state index contributed by atoms with van der Waals surface area (Å²) in [5.74, 6) is 0. The van der Waals surface area contributed by atoms with E-state index >= 15 is 0 Å². The zero-order valence-corrected chi connectivity index (χ0v) is 22.1. The molecule has 39 heavy (non-hydrogen) atoms. The Morgan fingerprint density at radius 2 is 0.128 bits per heavy atom. The molecule has 63 N–H and O–H groups in total. The summed E-state index contributed by atoms with van der Waals surface area (Å²) >= 11 is 0. The zero-order valence-electron chi connectivity index (χ0n) is 22.1. The van der Waals surface area contributed by atoms with Gasteiger partial charge in [-0.1, -0.05) is 0 Å². The van der Waals surface area contributed by atoms with E-state index in [-0.39, 0.29) is 92.3 Å². The monoisotopic (exact) mass is 628 g/mol. The number of hydrogen-bond acceptors (Lipinski definition) is 33. The van der Waals surface area contributed by atoms with Gasteiger partial charge in [0.2, 0.25) is 0 Å². The van der Waals surface area contributed by atoms with Crippen LogP contribution in [0.4, 0.5) is 0 Å². The summed E-state index contributed by atoms with van der Waals surface area (Å²) in [4.78, 5) is 0. The largest absolute Gasteiger partial charge is 0.631 e. The second-order valence-electron chi connectivity index (χ2n) is 2.08. The summed E-state index contributed by atoms with van der Waals surface area (Å²) in [5.41, 5.74) is 0. The Bertz CT molecular complexity index is 132. The van der Waals surface area contributed by atoms with Gasteiger partial charge in [0.1, 0.15) is 0 Å². The van der Waals surface area contributed by atoms with Gasteiger partial charge in [0.15, 0.2) is 0 Å². The highest BCUT2D eigenvalue weighted by atomic mass is 16.5. The topological polar surface area (TPSA) is 889 Å². The molecule has 0 radical (unpaired) electrons. The van der Waals surface area contributed by atoms with Gasteiger partial charge in [0, 0.05) is 0 Å². The molecule has 0 aromatic heterocycles. The minimum absolute atomic E-state index is 0. The minimum Gasteiger partial charge on any atom is -0.402 e. The summed E-state index contributed by atoms with van der Waals surface area (Å²) in [6.45, 7) is 0. The average Bonchev–Trinajstić information content (AvgIpc) is 2.08. The Morgan fingerprint density at radius 1 is 0.128 bits per heavy atom. The third-order valence-corrected chi connectivity index (χ3v) is 0. The molecule has 0 aliphatic carbocycles. The first-order valence-electron chi connectivity index (χ1n) is 4.65. The molecule has 0 bridgehead atoms. The van der Waals surface area contributed by atoms with Crippen molar-refractivity contribution in [2.24, 2.45) is 0 Å². The fourth-order valence-corrected chi connectivity index (χ4v) is 0. The van der Waals surface area contributed by atoms with E-state index in [4.69, 9.17) is 90.4 Å². The van der Waals surface area contributed by atoms with Gasteiger partial charge in [-0.05, 0) is 0 Å². The van der Waals surface area contributed by atoms with Gasteiger partial charge in [-0.3, -0.25) is 0 Å². The molecular formula is H63B6N15O18. The van der Waals surface area contributed by atoms with Crippen LogP contribution in [0.2, 0.25) is 0 Å². The third-order valence-electron chi connectivity index (χ3n) is 0. The van der Waals surface area contributed by atoms with E-state index in [2.05, 4.69) is 0 Å². The first kappa shape index (κ1) is 180. The maximum atomic E-state index is 7.17. The van der Waals surface area contributed by atoms with E-state index in [0.29, 0.717) is 0 Å². The molecule has 0 atom stereocenters. The van der Waals surface area contributed by atoms with E-state index in [1.807, 2.05) is 0 Å². The van der Waals surface area contributed by atoms with Crippen LogP contribution in [-0.4, -0.2) is 134 Å². The molecule has 0 amide bonds. The molecule has 33 nitrogen and oxygen atoms in total. The van der Waals surface area contributed by atoms with Crippen molar-refractivity contribution in [2.45, 2.75) is 0 Å². The summed E-state index contributed by atoms with van der Waals surface area (Å²) in [5, 5.41) is 129. The Kier molecular flexibility index (Phi) is 762. The van der Waals surface area contributed by atoms with E-state index in [1.54, 1.807) is 0 Å². The number of rotatable bonds is 0. The Hall–Kier alpha value is -0.930. The van der Waals surface area contributed by atoms with E-state index < -0.39 is 43.9 Å². The van der Waals surface area contributed by atoms with Crippen LogP contribution >= 0.6 is 0 Å². The molecule has 0 heterocycles. The number of hydrogen-bond donors (Lipinski definition) is 33. The summed E-state index contributed by atoms with van der Waals surface area (Å²) in [6.07, 6.45) is 0. The SMILES string of the molecule is N.N.N.N.N.N.N.N.N.N.N.N.N.N.N.OB(O)O.OB(O)O.OB(O)O.OB(O)O.OB(O)O.OB(O)O. The Morgan fingerprint density at radius 3 is 0.128 bits per heavy atom. The van der Waals surface area contributed by atoms with E-state index in [0.717, 1.165) is 0 Å². The fourth-order valence-electron chi connectivity index (χ4n) is 0. The predicted molar refractivity (Wildman–Crippen MR) is 150 cm³/mol. The van der Waals surface area contributed by atoms with Gasteiger partial charge in [0.25, 0.3) is 0 Å². The van der Waals surface area contributed by atoms with Crippen molar-refractivity contribution in [2.75, 3.05) is 0 Å². The first-order chi connectivity index (χ1) is 10.4. The van der Waals surface area contributed by atoms with Gasteiger partial charge in [-0.25, -0.2) is 0 Å². The van der Waals surface area contributed by atoms with Crippen LogP contribution in [-0.2, 0) is 0 Å². The molecule has 0 aromatic carbocycles. The normalized spacial score (nSPS) is 4.15. The van der Waals surface area contributed by atoms with Crippen molar-refractivity contribution in [1.82, 2.24) is 92.3 Å². The molecule has 0 aliphatic heterocycles. The second kappa shape index (κ2) is 166. The van der Waals surface area contributed by atoms with Crippen molar-refractivity contribution in [1.29, 1.82) is 0 Å². The van der Waals surface area contributed by atoms with Crippen LogP contribution in [0, 0.1) is 0 Å². The highest BCUT2D eigenvalue weighted by molar-refractivity contribution is 6.31. The smallest absolute Gasteiger partial charge is 0.402 e. The predicted octanol–water partition coefficient (Wildman–Crippen LogP) is -9.88. The van der Waals surface area contributed by atoms with Gasteiger partial charge in [0.05, 0.1) is 0 Å². The van der Waals surface area contributed by atoms with Crippen molar-refractivity contribution in [3.8, 4) is 0 Å². The summed E-state index contributed by atoms with van der Waals surface area (Å²) < 4.78 is 0. The van der Waals surface area contributed by atoms with Crippen molar-refractivity contribution in [3.05, 3.63) is 0 Å². The van der Waals surface area contributed by atoms with Crippen LogP contribution in [0.5, 0.6) is 0 Å². The lowest BCUT2D eigenvalue weighted by molar-refractivity contribution is 0.276. The fraction of sp³-hybridized carbons (Fsp3) is 0. The molecule has 0 aliphatic rings. The molecule has 0 saturated heterocycles. The molecule has 0 aromatic rings. The molecule has 0 spiro atoms. The van der Waals surface area contributed by atoms with Gasteiger partial charge >= 0.3 is 43.9 Å². The van der Waals surface area contributed by atoms with E-state index in [9.17, 15) is 0 Å². The molecule has 0 saturated carbocycles. The standard InChI is InChI=1S/6BH3O3.15H3N/c6*2-1(3)4;;;;;;;;;;;;;;;/h6*2-4H;15*1H3. The van der Waals surface area contributed by atoms with Crippen LogP contribution in [0.1, 0.15) is 0 Å². The Balaban J connectivity index is -0.00000000487. The highest BCUT2D eigenvalue weighted by Gasteiger charge is 1.94. The zero-order chi connectivity index (χ0) is 21.5. The van der Waals surface area contributed by atoms with Gasteiger partial charge < -0.3 is 183 Å². The van der Waals surface area contributed by atoms with Crippen LogP contribution in [0.15, 0.2) is 0 Å². The average molecular weight is 626 g/mol. The van der Waals surface area contributed by atoms with Crippen LogP contribution < -0.4 is 92.3 Å². The van der Waals surface area contributed by atoms with Gasteiger partial charge in [-0.2, -0.15) is 0 Å². The first-order valence-corrected chi connectivity index (χ1v) is 4.65. The molecule has 0 rings (SSSR count). The van der Waals surface area contributed by atoms with Crippen LogP contribution in [0.3, 0.4) is 0 Å². The molecule has 0 unspecified atom stereocenters. The van der Waals surface area contributed by atoms with Gasteiger partial charge in [-0.15, -0.1) is 0 Å². The molecule has 39 heteroatoms. The third kappa shape index (κ3) is 52700. The highest BCUT2D eigenvalue weighted by Crippen LogP contribution is 1.42. The van der Waals surface area contributed by atoms with E-state index in [1.165, 1.54) is 0 Å². The Labute approximate surface area is 227 Å².